The number of nitrogens with zero attached hydrogens (tertiary/aromatic N) is 2. The van der Waals surface area contributed by atoms with Crippen LogP contribution in [0.1, 0.15) is 39.7 Å². The minimum Gasteiger partial charge on any atom is -0.459 e. The average Bonchev–Trinajstić information content (AvgIpc) is 3.38. The van der Waals surface area contributed by atoms with Crippen LogP contribution in [0.5, 0.6) is 0 Å². The lowest BCUT2D eigenvalue weighted by Crippen LogP contribution is -2.26. The third-order valence-electron chi connectivity index (χ3n) is 4.85. The van der Waals surface area contributed by atoms with Crippen LogP contribution < -0.4 is 4.72 Å². The SMILES string of the molecule is Cc1ccc(C2CC(c3ccccc3NS(C)(=O)=O)=NN2C(=O)c2ccco2)cc1. The van der Waals surface area contributed by atoms with E-state index < -0.39 is 10.0 Å². The highest BCUT2D eigenvalue weighted by Gasteiger charge is 2.35. The Morgan fingerprint density at radius 1 is 1.10 bits per heavy atom. The fourth-order valence-corrected chi connectivity index (χ4v) is 4.02. The largest absolute Gasteiger partial charge is 0.459 e. The zero-order valence-corrected chi connectivity index (χ0v) is 17.4. The van der Waals surface area contributed by atoms with Gasteiger partial charge in [-0.1, -0.05) is 48.0 Å². The number of sulfonamides is 1. The molecule has 2 heterocycles. The van der Waals surface area contributed by atoms with Gasteiger partial charge in [-0.15, -0.1) is 0 Å². The Morgan fingerprint density at radius 3 is 2.50 bits per heavy atom. The molecule has 1 aromatic heterocycles. The van der Waals surface area contributed by atoms with Crippen LogP contribution in [0.3, 0.4) is 0 Å². The summed E-state index contributed by atoms with van der Waals surface area (Å²) in [5.41, 5.74) is 3.73. The standard InChI is InChI=1S/C22H21N3O4S/c1-15-9-11-16(12-10-15)20-14-19(23-25(20)22(26)21-8-5-13-29-21)17-6-3-4-7-18(17)24-30(2,27)28/h3-13,20,24H,14H2,1-2H3. The van der Waals surface area contributed by atoms with Gasteiger partial charge in [-0.2, -0.15) is 5.10 Å². The van der Waals surface area contributed by atoms with E-state index in [1.165, 1.54) is 11.3 Å². The number of nitrogens with one attached hydrogen (secondary N) is 1. The maximum atomic E-state index is 13.1. The van der Waals surface area contributed by atoms with Gasteiger partial charge in [0.2, 0.25) is 10.0 Å². The van der Waals surface area contributed by atoms with Gasteiger partial charge in [-0.05, 0) is 30.7 Å². The van der Waals surface area contributed by atoms with Crippen LogP contribution in [0.4, 0.5) is 5.69 Å². The first kappa shape index (κ1) is 19.9. The quantitative estimate of drug-likeness (QED) is 0.673. The average molecular weight is 423 g/mol. The van der Waals surface area contributed by atoms with Crippen molar-refractivity contribution in [2.45, 2.75) is 19.4 Å². The van der Waals surface area contributed by atoms with Crippen molar-refractivity contribution < 1.29 is 17.6 Å². The fraction of sp³-hybridized carbons (Fsp3) is 0.182. The highest BCUT2D eigenvalue weighted by molar-refractivity contribution is 7.92. The highest BCUT2D eigenvalue weighted by Crippen LogP contribution is 2.35. The van der Waals surface area contributed by atoms with E-state index in [0.717, 1.165) is 17.4 Å². The maximum absolute atomic E-state index is 13.1. The van der Waals surface area contributed by atoms with Crippen LogP contribution in [0.2, 0.25) is 0 Å². The molecule has 1 amide bonds. The number of hydrogen-bond acceptors (Lipinski definition) is 5. The molecule has 1 unspecified atom stereocenters. The maximum Gasteiger partial charge on any atom is 0.310 e. The Labute approximate surface area is 175 Å². The summed E-state index contributed by atoms with van der Waals surface area (Å²) in [6.45, 7) is 2.00. The summed E-state index contributed by atoms with van der Waals surface area (Å²) in [4.78, 5) is 13.1. The topological polar surface area (TPSA) is 92.0 Å². The number of aryl methyl sites for hydroxylation is 1. The van der Waals surface area contributed by atoms with Crippen molar-refractivity contribution in [3.63, 3.8) is 0 Å². The number of rotatable bonds is 5. The van der Waals surface area contributed by atoms with Gasteiger partial charge in [0.25, 0.3) is 0 Å². The molecule has 0 radical (unpaired) electrons. The molecule has 4 rings (SSSR count). The third kappa shape index (κ3) is 4.13. The van der Waals surface area contributed by atoms with Gasteiger partial charge in [-0.3, -0.25) is 9.52 Å². The molecule has 3 aromatic rings. The first-order valence-corrected chi connectivity index (χ1v) is 11.3. The molecule has 0 spiro atoms. The number of para-hydroxylation sites is 1. The molecule has 0 fully saturated rings. The highest BCUT2D eigenvalue weighted by atomic mass is 32.2. The minimum atomic E-state index is -3.47. The van der Waals surface area contributed by atoms with Gasteiger partial charge < -0.3 is 4.42 Å². The van der Waals surface area contributed by atoms with Crippen LogP contribution in [0.15, 0.2) is 76.4 Å². The number of anilines is 1. The van der Waals surface area contributed by atoms with Crippen LogP contribution in [0, 0.1) is 6.92 Å². The van der Waals surface area contributed by atoms with Gasteiger partial charge in [-0.25, -0.2) is 13.4 Å². The predicted octanol–water partition coefficient (Wildman–Crippen LogP) is 3.95. The lowest BCUT2D eigenvalue weighted by molar-refractivity contribution is 0.0678. The second kappa shape index (κ2) is 7.79. The molecule has 1 atom stereocenters. The zero-order chi connectivity index (χ0) is 21.3. The van der Waals surface area contributed by atoms with Gasteiger partial charge in [0, 0.05) is 12.0 Å². The summed E-state index contributed by atoms with van der Waals surface area (Å²) < 4.78 is 31.4. The summed E-state index contributed by atoms with van der Waals surface area (Å²) in [5.74, 6) is -0.159. The number of carbonyl (C=O) groups is 1. The van der Waals surface area contributed by atoms with E-state index in [1.807, 2.05) is 37.3 Å². The van der Waals surface area contributed by atoms with Crippen molar-refractivity contribution >= 4 is 27.3 Å². The molecule has 30 heavy (non-hydrogen) atoms. The summed E-state index contributed by atoms with van der Waals surface area (Å²) in [6.07, 6.45) is 2.99. The monoisotopic (exact) mass is 423 g/mol. The van der Waals surface area contributed by atoms with Crippen LogP contribution in [-0.4, -0.2) is 31.3 Å². The van der Waals surface area contributed by atoms with E-state index in [4.69, 9.17) is 4.42 Å². The van der Waals surface area contributed by atoms with E-state index in [9.17, 15) is 13.2 Å². The third-order valence-corrected chi connectivity index (χ3v) is 5.44. The first-order valence-electron chi connectivity index (χ1n) is 9.40. The molecule has 2 aromatic carbocycles. The Kier molecular flexibility index (Phi) is 5.17. The lowest BCUT2D eigenvalue weighted by Gasteiger charge is -2.21. The molecule has 1 aliphatic heterocycles. The molecule has 0 saturated heterocycles. The molecule has 0 bridgehead atoms. The molecule has 154 valence electrons. The van der Waals surface area contributed by atoms with E-state index >= 15 is 0 Å². The van der Waals surface area contributed by atoms with Crippen molar-refractivity contribution in [1.29, 1.82) is 0 Å². The lowest BCUT2D eigenvalue weighted by atomic mass is 9.97. The molecular weight excluding hydrogens is 402 g/mol. The summed E-state index contributed by atoms with van der Waals surface area (Å²) >= 11 is 0. The Morgan fingerprint density at radius 2 is 1.83 bits per heavy atom. The molecular formula is C22H21N3O4S. The zero-order valence-electron chi connectivity index (χ0n) is 16.6. The molecule has 0 aliphatic carbocycles. The van der Waals surface area contributed by atoms with E-state index in [1.54, 1.807) is 30.3 Å². The number of amides is 1. The number of furan rings is 1. The van der Waals surface area contributed by atoms with Crippen LogP contribution in [0.25, 0.3) is 0 Å². The number of carbonyl (C=O) groups excluding carboxylic acids is 1. The Balaban J connectivity index is 1.76. The number of hydrogen-bond donors (Lipinski definition) is 1. The minimum absolute atomic E-state index is 0.194. The van der Waals surface area contributed by atoms with Gasteiger partial charge in [0.1, 0.15) is 0 Å². The molecule has 7 nitrogen and oxygen atoms in total. The van der Waals surface area contributed by atoms with Crippen molar-refractivity contribution in [3.8, 4) is 0 Å². The van der Waals surface area contributed by atoms with Crippen molar-refractivity contribution in [2.24, 2.45) is 5.10 Å². The van der Waals surface area contributed by atoms with Gasteiger partial charge in [0.15, 0.2) is 5.76 Å². The van der Waals surface area contributed by atoms with Gasteiger partial charge >= 0.3 is 5.91 Å². The second-order valence-corrected chi connectivity index (χ2v) is 8.97. The number of benzene rings is 2. The molecule has 8 heteroatoms. The Bertz CT molecular complexity index is 1200. The normalized spacial score (nSPS) is 16.4. The van der Waals surface area contributed by atoms with E-state index in [2.05, 4.69) is 9.82 Å². The van der Waals surface area contributed by atoms with E-state index in [0.29, 0.717) is 23.4 Å². The summed E-state index contributed by atoms with van der Waals surface area (Å²) in [7, 11) is -3.47. The van der Waals surface area contributed by atoms with Crippen molar-refractivity contribution in [2.75, 3.05) is 11.0 Å². The molecule has 0 saturated carbocycles. The fourth-order valence-electron chi connectivity index (χ4n) is 3.45. The smallest absolute Gasteiger partial charge is 0.310 e. The Hall–Kier alpha value is -3.39. The predicted molar refractivity (Wildman–Crippen MR) is 115 cm³/mol. The molecule has 1 aliphatic rings. The van der Waals surface area contributed by atoms with Crippen molar-refractivity contribution in [1.82, 2.24) is 5.01 Å². The van der Waals surface area contributed by atoms with Crippen molar-refractivity contribution in [3.05, 3.63) is 89.4 Å². The molecule has 1 N–H and O–H groups in total. The van der Waals surface area contributed by atoms with Crippen LogP contribution in [-0.2, 0) is 10.0 Å². The summed E-state index contributed by atoms with van der Waals surface area (Å²) in [5, 5.41) is 6.00. The van der Waals surface area contributed by atoms with Crippen LogP contribution >= 0.6 is 0 Å². The second-order valence-electron chi connectivity index (χ2n) is 7.22. The first-order chi connectivity index (χ1) is 14.3. The van der Waals surface area contributed by atoms with E-state index in [-0.39, 0.29) is 17.7 Å². The van der Waals surface area contributed by atoms with Gasteiger partial charge in [0.05, 0.1) is 30.0 Å². The summed E-state index contributed by atoms with van der Waals surface area (Å²) in [6, 6.07) is 17.9. The number of hydrazone groups is 1.